The summed E-state index contributed by atoms with van der Waals surface area (Å²) in [6.07, 6.45) is 5.32. The minimum Gasteiger partial charge on any atom is -0.349 e. The smallest absolute Gasteiger partial charge is 0.224 e. The van der Waals surface area contributed by atoms with Crippen molar-refractivity contribution in [2.75, 3.05) is 6.54 Å². The first kappa shape index (κ1) is 16.0. The van der Waals surface area contributed by atoms with E-state index in [2.05, 4.69) is 37.4 Å². The summed E-state index contributed by atoms with van der Waals surface area (Å²) in [7, 11) is 0. The van der Waals surface area contributed by atoms with Crippen molar-refractivity contribution in [3.63, 3.8) is 0 Å². The maximum Gasteiger partial charge on any atom is 0.224 e. The third-order valence-electron chi connectivity index (χ3n) is 4.90. The van der Waals surface area contributed by atoms with Gasteiger partial charge in [-0.1, -0.05) is 32.0 Å². The fourth-order valence-electron chi connectivity index (χ4n) is 2.88. The number of rotatable bonds is 5. The molecule has 0 radical (unpaired) electrons. The van der Waals surface area contributed by atoms with Crippen LogP contribution in [-0.4, -0.2) is 18.0 Å². The lowest BCUT2D eigenvalue weighted by molar-refractivity contribution is -0.122. The maximum absolute atomic E-state index is 12.3. The van der Waals surface area contributed by atoms with Crippen LogP contribution in [0.5, 0.6) is 0 Å². The van der Waals surface area contributed by atoms with Crippen molar-refractivity contribution < 1.29 is 4.79 Å². The highest BCUT2D eigenvalue weighted by Gasteiger charge is 2.28. The van der Waals surface area contributed by atoms with E-state index in [1.54, 1.807) is 0 Å². The second-order valence-electron chi connectivity index (χ2n) is 6.81. The molecule has 0 saturated carbocycles. The molecule has 0 spiro atoms. The Bertz CT molecular complexity index is 510. The van der Waals surface area contributed by atoms with Crippen LogP contribution >= 0.6 is 0 Å². The Hall–Kier alpha value is -1.35. The van der Waals surface area contributed by atoms with Gasteiger partial charge in [0.15, 0.2) is 0 Å². The molecular weight excluding hydrogens is 260 g/mol. The third-order valence-corrected chi connectivity index (χ3v) is 4.90. The van der Waals surface area contributed by atoms with Crippen LogP contribution in [0.3, 0.4) is 0 Å². The van der Waals surface area contributed by atoms with E-state index in [0.29, 0.717) is 18.9 Å². The number of hydrogen-bond acceptors (Lipinski definition) is 2. The van der Waals surface area contributed by atoms with Gasteiger partial charge in [0, 0.05) is 6.54 Å². The lowest BCUT2D eigenvalue weighted by atomic mass is 9.87. The van der Waals surface area contributed by atoms with E-state index in [1.165, 1.54) is 30.4 Å². The standard InChI is InChI=1S/C18H28N2O/c1-13(2)18(3,12-19)20-17(21)11-14-8-9-15-6-4-5-7-16(15)10-14/h8-10,13H,4-7,11-12,19H2,1-3H3,(H,20,21). The van der Waals surface area contributed by atoms with E-state index in [-0.39, 0.29) is 11.4 Å². The molecule has 1 aromatic carbocycles. The van der Waals surface area contributed by atoms with Gasteiger partial charge in [-0.3, -0.25) is 4.79 Å². The van der Waals surface area contributed by atoms with Gasteiger partial charge in [0.05, 0.1) is 12.0 Å². The summed E-state index contributed by atoms with van der Waals surface area (Å²) in [5, 5.41) is 3.11. The van der Waals surface area contributed by atoms with Gasteiger partial charge < -0.3 is 11.1 Å². The van der Waals surface area contributed by atoms with Crippen molar-refractivity contribution >= 4 is 5.91 Å². The predicted molar refractivity (Wildman–Crippen MR) is 87.2 cm³/mol. The van der Waals surface area contributed by atoms with Crippen molar-refractivity contribution in [1.82, 2.24) is 5.32 Å². The molecule has 0 bridgehead atoms. The van der Waals surface area contributed by atoms with Crippen LogP contribution in [0.25, 0.3) is 0 Å². The van der Waals surface area contributed by atoms with E-state index < -0.39 is 0 Å². The van der Waals surface area contributed by atoms with Crippen LogP contribution in [0.1, 0.15) is 50.3 Å². The van der Waals surface area contributed by atoms with E-state index in [0.717, 1.165) is 12.0 Å². The Balaban J connectivity index is 2.03. The third kappa shape index (κ3) is 3.85. The van der Waals surface area contributed by atoms with Crippen LogP contribution in [-0.2, 0) is 24.1 Å². The number of nitrogens with one attached hydrogen (secondary N) is 1. The van der Waals surface area contributed by atoms with Crippen LogP contribution in [0.2, 0.25) is 0 Å². The Morgan fingerprint density at radius 2 is 1.95 bits per heavy atom. The van der Waals surface area contributed by atoms with Gasteiger partial charge in [0.2, 0.25) is 5.91 Å². The molecule has 0 heterocycles. The van der Waals surface area contributed by atoms with Gasteiger partial charge in [0.1, 0.15) is 0 Å². The number of amides is 1. The monoisotopic (exact) mass is 288 g/mol. The zero-order valence-corrected chi connectivity index (χ0v) is 13.5. The molecule has 0 fully saturated rings. The summed E-state index contributed by atoms with van der Waals surface area (Å²) < 4.78 is 0. The molecular formula is C18H28N2O. The first-order valence-corrected chi connectivity index (χ1v) is 8.06. The average Bonchev–Trinajstić information content (AvgIpc) is 2.46. The summed E-state index contributed by atoms with van der Waals surface area (Å²) in [6, 6.07) is 6.50. The van der Waals surface area contributed by atoms with Gasteiger partial charge in [-0.2, -0.15) is 0 Å². The Labute approximate surface area is 128 Å². The molecule has 1 amide bonds. The van der Waals surface area contributed by atoms with Gasteiger partial charge in [-0.05, 0) is 55.2 Å². The average molecular weight is 288 g/mol. The fourth-order valence-corrected chi connectivity index (χ4v) is 2.88. The summed E-state index contributed by atoms with van der Waals surface area (Å²) in [5.41, 5.74) is 9.49. The lowest BCUT2D eigenvalue weighted by Gasteiger charge is -2.33. The summed E-state index contributed by atoms with van der Waals surface area (Å²) in [5.74, 6) is 0.377. The molecule has 1 aromatic rings. The number of aryl methyl sites for hydroxylation is 2. The van der Waals surface area contributed by atoms with Gasteiger partial charge in [-0.15, -0.1) is 0 Å². The first-order valence-electron chi connectivity index (χ1n) is 8.06. The van der Waals surface area contributed by atoms with Crippen molar-refractivity contribution in [1.29, 1.82) is 0 Å². The molecule has 3 nitrogen and oxygen atoms in total. The van der Waals surface area contributed by atoms with Gasteiger partial charge >= 0.3 is 0 Å². The molecule has 21 heavy (non-hydrogen) atoms. The van der Waals surface area contributed by atoms with Crippen molar-refractivity contribution in [2.24, 2.45) is 11.7 Å². The SMILES string of the molecule is CC(C)C(C)(CN)NC(=O)Cc1ccc2c(c1)CCCC2. The summed E-state index contributed by atoms with van der Waals surface area (Å²) in [6.45, 7) is 6.65. The Kier molecular flexibility index (Phi) is 5.04. The maximum atomic E-state index is 12.3. The van der Waals surface area contributed by atoms with Crippen LogP contribution in [0, 0.1) is 5.92 Å². The minimum atomic E-state index is -0.328. The number of fused-ring (bicyclic) bond motifs is 1. The second-order valence-corrected chi connectivity index (χ2v) is 6.81. The summed E-state index contributed by atoms with van der Waals surface area (Å²) >= 11 is 0. The van der Waals surface area contributed by atoms with Crippen molar-refractivity contribution in [3.8, 4) is 0 Å². The first-order chi connectivity index (χ1) is 9.94. The highest BCUT2D eigenvalue weighted by atomic mass is 16.1. The number of carbonyl (C=O) groups excluding carboxylic acids is 1. The molecule has 0 saturated heterocycles. The fraction of sp³-hybridized carbons (Fsp3) is 0.611. The van der Waals surface area contributed by atoms with E-state index in [1.807, 2.05) is 6.92 Å². The molecule has 1 aliphatic rings. The highest BCUT2D eigenvalue weighted by Crippen LogP contribution is 2.22. The van der Waals surface area contributed by atoms with Gasteiger partial charge in [0.25, 0.3) is 0 Å². The lowest BCUT2D eigenvalue weighted by Crippen LogP contribution is -2.55. The van der Waals surface area contributed by atoms with Crippen LogP contribution in [0.15, 0.2) is 18.2 Å². The molecule has 116 valence electrons. The molecule has 3 heteroatoms. The minimum absolute atomic E-state index is 0.0624. The van der Waals surface area contributed by atoms with Gasteiger partial charge in [-0.25, -0.2) is 0 Å². The quantitative estimate of drug-likeness (QED) is 0.875. The Morgan fingerprint density at radius 1 is 1.29 bits per heavy atom. The second kappa shape index (κ2) is 6.61. The van der Waals surface area contributed by atoms with Crippen LogP contribution < -0.4 is 11.1 Å². The number of carbonyl (C=O) groups is 1. The molecule has 2 rings (SSSR count). The predicted octanol–water partition coefficient (Wildman–Crippen LogP) is 2.60. The highest BCUT2D eigenvalue weighted by molar-refractivity contribution is 5.79. The number of benzene rings is 1. The van der Waals surface area contributed by atoms with E-state index in [4.69, 9.17) is 5.73 Å². The molecule has 3 N–H and O–H groups in total. The Morgan fingerprint density at radius 3 is 2.57 bits per heavy atom. The molecule has 0 aromatic heterocycles. The van der Waals surface area contributed by atoms with E-state index in [9.17, 15) is 4.79 Å². The molecule has 0 aliphatic heterocycles. The normalized spacial score (nSPS) is 17.2. The zero-order valence-electron chi connectivity index (χ0n) is 13.5. The zero-order chi connectivity index (χ0) is 15.5. The van der Waals surface area contributed by atoms with Crippen molar-refractivity contribution in [2.45, 2.75) is 58.4 Å². The largest absolute Gasteiger partial charge is 0.349 e. The van der Waals surface area contributed by atoms with Crippen LogP contribution in [0.4, 0.5) is 0 Å². The summed E-state index contributed by atoms with van der Waals surface area (Å²) in [4.78, 5) is 12.3. The number of nitrogens with two attached hydrogens (primary N) is 1. The molecule has 1 aliphatic carbocycles. The molecule has 1 unspecified atom stereocenters. The topological polar surface area (TPSA) is 55.1 Å². The molecule has 1 atom stereocenters. The van der Waals surface area contributed by atoms with E-state index >= 15 is 0 Å². The van der Waals surface area contributed by atoms with Crippen molar-refractivity contribution in [3.05, 3.63) is 34.9 Å². The number of hydrogen-bond donors (Lipinski definition) is 2.